The first-order chi connectivity index (χ1) is 11.0. The Bertz CT molecular complexity index is 771. The van der Waals surface area contributed by atoms with Gasteiger partial charge in [0, 0.05) is 32.7 Å². The van der Waals surface area contributed by atoms with E-state index in [0.29, 0.717) is 26.2 Å². The SMILES string of the molecule is O=S(=O)(c1cccc(Cl)c1Cl)N1CCN(Cc2ccsc2)CC1. The molecule has 0 unspecified atom stereocenters. The number of hydrogen-bond acceptors (Lipinski definition) is 4. The van der Waals surface area contributed by atoms with Gasteiger partial charge in [-0.1, -0.05) is 29.3 Å². The van der Waals surface area contributed by atoms with Gasteiger partial charge in [-0.2, -0.15) is 15.6 Å². The highest BCUT2D eigenvalue weighted by Gasteiger charge is 2.30. The van der Waals surface area contributed by atoms with Gasteiger partial charge in [0.1, 0.15) is 4.90 Å². The Balaban J connectivity index is 1.70. The smallest absolute Gasteiger partial charge is 0.244 e. The Kier molecular flexibility index (Phi) is 5.30. The number of piperazine rings is 1. The van der Waals surface area contributed by atoms with Crippen LogP contribution in [-0.4, -0.2) is 43.8 Å². The van der Waals surface area contributed by atoms with E-state index in [-0.39, 0.29) is 14.9 Å². The van der Waals surface area contributed by atoms with Gasteiger partial charge in [-0.3, -0.25) is 4.90 Å². The Morgan fingerprint density at radius 2 is 1.83 bits per heavy atom. The summed E-state index contributed by atoms with van der Waals surface area (Å²) in [5.74, 6) is 0. The second kappa shape index (κ2) is 7.09. The van der Waals surface area contributed by atoms with Crippen LogP contribution in [-0.2, 0) is 16.6 Å². The second-order valence-corrected chi connectivity index (χ2v) is 8.84. The van der Waals surface area contributed by atoms with Crippen molar-refractivity contribution in [2.24, 2.45) is 0 Å². The molecule has 124 valence electrons. The van der Waals surface area contributed by atoms with Crippen molar-refractivity contribution in [3.05, 3.63) is 50.6 Å². The number of halogens is 2. The standard InChI is InChI=1S/C15H16Cl2N2O2S2/c16-13-2-1-3-14(15(13)17)23(20,21)19-7-5-18(6-8-19)10-12-4-9-22-11-12/h1-4,9,11H,5-8,10H2. The van der Waals surface area contributed by atoms with Gasteiger partial charge in [0.15, 0.2) is 0 Å². The molecule has 0 saturated carbocycles. The molecule has 1 aromatic carbocycles. The van der Waals surface area contributed by atoms with E-state index < -0.39 is 10.0 Å². The lowest BCUT2D eigenvalue weighted by atomic mass is 10.3. The topological polar surface area (TPSA) is 40.6 Å². The highest BCUT2D eigenvalue weighted by Crippen LogP contribution is 2.31. The Hall–Kier alpha value is -0.630. The molecule has 4 nitrogen and oxygen atoms in total. The van der Waals surface area contributed by atoms with Crippen molar-refractivity contribution in [1.82, 2.24) is 9.21 Å². The van der Waals surface area contributed by atoms with Crippen molar-refractivity contribution in [2.75, 3.05) is 26.2 Å². The Morgan fingerprint density at radius 3 is 2.48 bits per heavy atom. The van der Waals surface area contributed by atoms with Crippen LogP contribution < -0.4 is 0 Å². The van der Waals surface area contributed by atoms with E-state index in [2.05, 4.69) is 21.7 Å². The minimum atomic E-state index is -3.61. The molecule has 0 N–H and O–H groups in total. The van der Waals surface area contributed by atoms with Gasteiger partial charge in [-0.05, 0) is 34.5 Å². The van der Waals surface area contributed by atoms with E-state index in [4.69, 9.17) is 23.2 Å². The summed E-state index contributed by atoms with van der Waals surface area (Å²) in [6.07, 6.45) is 0. The zero-order valence-corrected chi connectivity index (χ0v) is 15.4. The third-order valence-corrected chi connectivity index (χ3v) is 7.46. The first kappa shape index (κ1) is 17.2. The normalized spacial score (nSPS) is 17.5. The summed E-state index contributed by atoms with van der Waals surface area (Å²) in [6, 6.07) is 6.79. The predicted octanol–water partition coefficient (Wildman–Crippen LogP) is 3.56. The van der Waals surface area contributed by atoms with Crippen molar-refractivity contribution >= 4 is 44.6 Å². The predicted molar refractivity (Wildman–Crippen MR) is 94.8 cm³/mol. The molecular weight excluding hydrogens is 375 g/mol. The van der Waals surface area contributed by atoms with Gasteiger partial charge in [-0.25, -0.2) is 8.42 Å². The zero-order valence-electron chi connectivity index (χ0n) is 12.3. The van der Waals surface area contributed by atoms with Crippen molar-refractivity contribution in [3.63, 3.8) is 0 Å². The fourth-order valence-corrected chi connectivity index (χ4v) is 5.41. The minimum absolute atomic E-state index is 0.0814. The van der Waals surface area contributed by atoms with Crippen LogP contribution >= 0.6 is 34.5 Å². The second-order valence-electron chi connectivity index (χ2n) is 5.36. The Morgan fingerprint density at radius 1 is 1.09 bits per heavy atom. The van der Waals surface area contributed by atoms with Crippen molar-refractivity contribution in [1.29, 1.82) is 0 Å². The molecule has 0 atom stereocenters. The van der Waals surface area contributed by atoms with E-state index in [0.717, 1.165) is 6.54 Å². The molecule has 2 aromatic rings. The van der Waals surface area contributed by atoms with E-state index in [1.54, 1.807) is 23.5 Å². The summed E-state index contributed by atoms with van der Waals surface area (Å²) in [4.78, 5) is 2.34. The molecule has 1 aliphatic heterocycles. The van der Waals surface area contributed by atoms with Crippen LogP contribution in [0.1, 0.15) is 5.56 Å². The summed E-state index contributed by atoms with van der Waals surface area (Å²) >= 11 is 13.7. The number of thiophene rings is 1. The number of hydrogen-bond donors (Lipinski definition) is 0. The molecule has 0 amide bonds. The van der Waals surface area contributed by atoms with E-state index >= 15 is 0 Å². The molecule has 0 aliphatic carbocycles. The van der Waals surface area contributed by atoms with Crippen LogP contribution in [0.3, 0.4) is 0 Å². The first-order valence-corrected chi connectivity index (χ1v) is 10.3. The fraction of sp³-hybridized carbons (Fsp3) is 0.333. The molecule has 0 spiro atoms. The van der Waals surface area contributed by atoms with Gasteiger partial charge in [0.05, 0.1) is 10.0 Å². The number of sulfonamides is 1. The van der Waals surface area contributed by atoms with E-state index in [9.17, 15) is 8.42 Å². The largest absolute Gasteiger partial charge is 0.296 e. The fourth-order valence-electron chi connectivity index (χ4n) is 2.59. The summed E-state index contributed by atoms with van der Waals surface area (Å²) in [5.41, 5.74) is 1.27. The molecule has 8 heteroatoms. The van der Waals surface area contributed by atoms with Gasteiger partial charge < -0.3 is 0 Å². The highest BCUT2D eigenvalue weighted by atomic mass is 35.5. The van der Waals surface area contributed by atoms with Crippen LogP contribution in [0.5, 0.6) is 0 Å². The lowest BCUT2D eigenvalue weighted by Crippen LogP contribution is -2.48. The molecule has 3 rings (SSSR count). The summed E-state index contributed by atoms with van der Waals surface area (Å²) in [6.45, 7) is 3.17. The maximum absolute atomic E-state index is 12.7. The molecule has 1 aliphatic rings. The van der Waals surface area contributed by atoms with Crippen molar-refractivity contribution in [2.45, 2.75) is 11.4 Å². The molecule has 2 heterocycles. The lowest BCUT2D eigenvalue weighted by Gasteiger charge is -2.34. The van der Waals surface area contributed by atoms with Gasteiger partial charge in [-0.15, -0.1) is 0 Å². The maximum Gasteiger partial charge on any atom is 0.244 e. The van der Waals surface area contributed by atoms with Crippen LogP contribution in [0.15, 0.2) is 39.9 Å². The molecule has 1 fully saturated rings. The molecule has 0 bridgehead atoms. The molecular formula is C15H16Cl2N2O2S2. The van der Waals surface area contributed by atoms with Crippen LogP contribution in [0.2, 0.25) is 10.0 Å². The molecule has 1 saturated heterocycles. The lowest BCUT2D eigenvalue weighted by molar-refractivity contribution is 0.182. The number of benzene rings is 1. The van der Waals surface area contributed by atoms with Crippen molar-refractivity contribution in [3.8, 4) is 0 Å². The van der Waals surface area contributed by atoms with Gasteiger partial charge >= 0.3 is 0 Å². The zero-order chi connectivity index (χ0) is 16.4. The molecule has 0 radical (unpaired) electrons. The van der Waals surface area contributed by atoms with Crippen LogP contribution in [0.4, 0.5) is 0 Å². The Labute approximate surface area is 150 Å². The maximum atomic E-state index is 12.7. The summed E-state index contributed by atoms with van der Waals surface area (Å²) in [7, 11) is -3.61. The van der Waals surface area contributed by atoms with Crippen LogP contribution in [0, 0.1) is 0 Å². The van der Waals surface area contributed by atoms with Gasteiger partial charge in [0.25, 0.3) is 0 Å². The first-order valence-electron chi connectivity index (χ1n) is 7.16. The quantitative estimate of drug-likeness (QED) is 0.800. The minimum Gasteiger partial charge on any atom is -0.296 e. The number of nitrogens with zero attached hydrogens (tertiary/aromatic N) is 2. The van der Waals surface area contributed by atoms with E-state index in [1.807, 2.05) is 0 Å². The molecule has 23 heavy (non-hydrogen) atoms. The third kappa shape index (κ3) is 3.73. The average Bonchev–Trinajstić information content (AvgIpc) is 3.03. The monoisotopic (exact) mass is 390 g/mol. The average molecular weight is 391 g/mol. The van der Waals surface area contributed by atoms with Crippen LogP contribution in [0.25, 0.3) is 0 Å². The number of rotatable bonds is 4. The van der Waals surface area contributed by atoms with E-state index in [1.165, 1.54) is 15.9 Å². The summed E-state index contributed by atoms with van der Waals surface area (Å²) in [5, 5.41) is 4.52. The van der Waals surface area contributed by atoms with Gasteiger partial charge in [0.2, 0.25) is 10.0 Å². The third-order valence-electron chi connectivity index (χ3n) is 3.85. The summed E-state index contributed by atoms with van der Waals surface area (Å²) < 4.78 is 27.0. The highest BCUT2D eigenvalue weighted by molar-refractivity contribution is 7.89. The van der Waals surface area contributed by atoms with Crippen molar-refractivity contribution < 1.29 is 8.42 Å². The molecule has 1 aromatic heterocycles.